The highest BCUT2D eigenvalue weighted by molar-refractivity contribution is 5.17. The molecule has 0 aliphatic heterocycles. The fourth-order valence-corrected chi connectivity index (χ4v) is 3.44. The van der Waals surface area contributed by atoms with Crippen LogP contribution in [0.25, 0.3) is 0 Å². The molecule has 0 bridgehead atoms. The Labute approximate surface area is 104 Å². The van der Waals surface area contributed by atoms with Crippen molar-refractivity contribution in [3.8, 4) is 0 Å². The summed E-state index contributed by atoms with van der Waals surface area (Å²) < 4.78 is 0. The number of hydrogen-bond acceptors (Lipinski definition) is 2. The first kappa shape index (κ1) is 12.6. The molecule has 3 nitrogen and oxygen atoms in total. The van der Waals surface area contributed by atoms with Crippen molar-refractivity contribution in [3.63, 3.8) is 0 Å². The Kier molecular flexibility index (Phi) is 3.06. The van der Waals surface area contributed by atoms with E-state index in [9.17, 15) is 0 Å². The predicted molar refractivity (Wildman–Crippen MR) is 70.8 cm³/mol. The second kappa shape index (κ2) is 4.13. The number of rotatable bonds is 5. The molecule has 1 aliphatic rings. The fourth-order valence-electron chi connectivity index (χ4n) is 3.44. The van der Waals surface area contributed by atoms with Gasteiger partial charge in [-0.1, -0.05) is 34.6 Å². The highest BCUT2D eigenvalue weighted by atomic mass is 15.0. The largest absolute Gasteiger partial charge is 0.349 e. The molecule has 1 unspecified atom stereocenters. The van der Waals surface area contributed by atoms with Gasteiger partial charge >= 0.3 is 0 Å². The quantitative estimate of drug-likeness (QED) is 0.823. The third kappa shape index (κ3) is 2.01. The van der Waals surface area contributed by atoms with Crippen LogP contribution in [0.3, 0.4) is 0 Å². The van der Waals surface area contributed by atoms with Gasteiger partial charge in [0.1, 0.15) is 5.82 Å². The first-order valence-electron chi connectivity index (χ1n) is 6.63. The van der Waals surface area contributed by atoms with Gasteiger partial charge in [0.25, 0.3) is 0 Å². The van der Waals surface area contributed by atoms with Crippen LogP contribution in [0.5, 0.6) is 0 Å². The van der Waals surface area contributed by atoms with Crippen molar-refractivity contribution in [2.45, 2.75) is 47.1 Å². The molecule has 1 atom stereocenters. The summed E-state index contributed by atoms with van der Waals surface area (Å²) in [5, 5.41) is 3.63. The van der Waals surface area contributed by atoms with Crippen LogP contribution in [0.15, 0.2) is 12.4 Å². The van der Waals surface area contributed by atoms with Crippen molar-refractivity contribution in [2.24, 2.45) is 16.7 Å². The van der Waals surface area contributed by atoms with Gasteiger partial charge in [0, 0.05) is 24.9 Å². The smallest absolute Gasteiger partial charge is 0.107 e. The summed E-state index contributed by atoms with van der Waals surface area (Å²) in [4.78, 5) is 7.56. The molecule has 1 saturated carbocycles. The average molecular weight is 235 g/mol. The van der Waals surface area contributed by atoms with Gasteiger partial charge < -0.3 is 10.3 Å². The van der Waals surface area contributed by atoms with E-state index in [1.54, 1.807) is 0 Å². The number of nitrogens with one attached hydrogen (secondary N) is 2. The number of imidazole rings is 1. The monoisotopic (exact) mass is 235 g/mol. The van der Waals surface area contributed by atoms with Gasteiger partial charge in [0.2, 0.25) is 0 Å². The van der Waals surface area contributed by atoms with Gasteiger partial charge in [-0.05, 0) is 23.3 Å². The van der Waals surface area contributed by atoms with E-state index in [4.69, 9.17) is 0 Å². The van der Waals surface area contributed by atoms with Crippen molar-refractivity contribution in [1.29, 1.82) is 0 Å². The molecule has 2 rings (SSSR count). The average Bonchev–Trinajstić information content (AvgIpc) is 2.59. The minimum Gasteiger partial charge on any atom is -0.349 e. The molecule has 0 amide bonds. The highest BCUT2D eigenvalue weighted by Gasteiger charge is 2.66. The molecule has 96 valence electrons. The van der Waals surface area contributed by atoms with E-state index in [0.717, 1.165) is 24.7 Å². The minimum absolute atomic E-state index is 0.423. The van der Waals surface area contributed by atoms with Gasteiger partial charge in [-0.2, -0.15) is 0 Å². The lowest BCUT2D eigenvalue weighted by molar-refractivity contribution is 0.398. The van der Waals surface area contributed by atoms with Crippen molar-refractivity contribution < 1.29 is 0 Å². The van der Waals surface area contributed by atoms with Crippen molar-refractivity contribution in [2.75, 3.05) is 6.54 Å². The van der Waals surface area contributed by atoms with Crippen molar-refractivity contribution in [1.82, 2.24) is 15.3 Å². The van der Waals surface area contributed by atoms with Crippen molar-refractivity contribution in [3.05, 3.63) is 18.2 Å². The van der Waals surface area contributed by atoms with Crippen LogP contribution >= 0.6 is 0 Å². The number of likely N-dealkylation sites (N-methyl/N-ethyl adjacent to an activating group) is 1. The molecular weight excluding hydrogens is 210 g/mol. The maximum Gasteiger partial charge on any atom is 0.107 e. The maximum atomic E-state index is 4.35. The summed E-state index contributed by atoms with van der Waals surface area (Å²) in [7, 11) is 0. The molecule has 3 heteroatoms. The number of hydrogen-bond donors (Lipinski definition) is 2. The van der Waals surface area contributed by atoms with E-state index in [0.29, 0.717) is 16.9 Å². The van der Waals surface area contributed by atoms with Crippen molar-refractivity contribution >= 4 is 0 Å². The van der Waals surface area contributed by atoms with Crippen LogP contribution in [0.2, 0.25) is 0 Å². The molecule has 0 spiro atoms. The highest BCUT2D eigenvalue weighted by Crippen LogP contribution is 2.69. The zero-order valence-corrected chi connectivity index (χ0v) is 11.7. The van der Waals surface area contributed by atoms with Crippen LogP contribution in [0, 0.1) is 16.7 Å². The number of nitrogens with zero attached hydrogens (tertiary/aromatic N) is 1. The summed E-state index contributed by atoms with van der Waals surface area (Å²) in [6.45, 7) is 12.7. The molecule has 0 radical (unpaired) electrons. The van der Waals surface area contributed by atoms with E-state index in [1.807, 2.05) is 12.4 Å². The number of H-pyrrole nitrogens is 1. The summed E-state index contributed by atoms with van der Waals surface area (Å²) in [5.74, 6) is 1.81. The second-order valence-electron chi connectivity index (χ2n) is 6.33. The van der Waals surface area contributed by atoms with Gasteiger partial charge in [0.15, 0.2) is 0 Å². The number of aromatic nitrogens is 2. The molecular formula is C14H25N3. The first-order valence-corrected chi connectivity index (χ1v) is 6.63. The lowest BCUT2D eigenvalue weighted by atomic mass is 10.0. The van der Waals surface area contributed by atoms with Gasteiger partial charge in [0.05, 0.1) is 0 Å². The van der Waals surface area contributed by atoms with Crippen LogP contribution in [0.1, 0.15) is 40.4 Å². The molecule has 17 heavy (non-hydrogen) atoms. The van der Waals surface area contributed by atoms with Gasteiger partial charge in [-0.25, -0.2) is 4.98 Å². The predicted octanol–water partition coefficient (Wildman–Crippen LogP) is 2.61. The van der Waals surface area contributed by atoms with Crippen LogP contribution in [0.4, 0.5) is 0 Å². The summed E-state index contributed by atoms with van der Waals surface area (Å²) in [6.07, 6.45) is 4.74. The Balaban J connectivity index is 2.09. The molecule has 1 heterocycles. The zero-order chi connectivity index (χ0) is 12.7. The summed E-state index contributed by atoms with van der Waals surface area (Å²) in [6, 6.07) is 0.524. The van der Waals surface area contributed by atoms with Crippen LogP contribution in [-0.2, 0) is 6.42 Å². The van der Waals surface area contributed by atoms with Crippen LogP contribution < -0.4 is 5.32 Å². The Morgan fingerprint density at radius 3 is 2.41 bits per heavy atom. The second-order valence-corrected chi connectivity index (χ2v) is 6.33. The molecule has 1 fully saturated rings. The fraction of sp³-hybridized carbons (Fsp3) is 0.786. The lowest BCUT2D eigenvalue weighted by Crippen LogP contribution is -2.35. The maximum absolute atomic E-state index is 4.35. The van der Waals surface area contributed by atoms with Gasteiger partial charge in [-0.15, -0.1) is 0 Å². The molecule has 1 aromatic rings. The third-order valence-corrected chi connectivity index (χ3v) is 4.97. The third-order valence-electron chi connectivity index (χ3n) is 4.97. The molecule has 1 aliphatic carbocycles. The van der Waals surface area contributed by atoms with E-state index >= 15 is 0 Å². The Morgan fingerprint density at radius 1 is 1.35 bits per heavy atom. The first-order chi connectivity index (χ1) is 7.91. The Morgan fingerprint density at radius 2 is 2.00 bits per heavy atom. The summed E-state index contributed by atoms with van der Waals surface area (Å²) in [5.41, 5.74) is 0.846. The van der Waals surface area contributed by atoms with E-state index < -0.39 is 0 Å². The SMILES string of the molecule is CCNC(Cc1ncc[nH]1)C1C(C)(C)C1(C)C. The summed E-state index contributed by atoms with van der Waals surface area (Å²) >= 11 is 0. The Hall–Kier alpha value is -0.830. The van der Waals surface area contributed by atoms with E-state index in [-0.39, 0.29) is 0 Å². The van der Waals surface area contributed by atoms with E-state index in [2.05, 4.69) is 49.9 Å². The minimum atomic E-state index is 0.423. The molecule has 0 saturated heterocycles. The number of aromatic amines is 1. The lowest BCUT2D eigenvalue weighted by Gasteiger charge is -2.19. The molecule has 2 N–H and O–H groups in total. The van der Waals surface area contributed by atoms with Crippen LogP contribution in [-0.4, -0.2) is 22.6 Å². The topological polar surface area (TPSA) is 40.7 Å². The van der Waals surface area contributed by atoms with Gasteiger partial charge in [-0.3, -0.25) is 0 Å². The zero-order valence-electron chi connectivity index (χ0n) is 11.7. The molecule has 1 aromatic heterocycles. The standard InChI is InChI=1S/C14H25N3/c1-6-15-10(9-11-16-7-8-17-11)12-13(2,3)14(12,4)5/h7-8,10,12,15H,6,9H2,1-5H3,(H,16,17). The Bertz CT molecular complexity index is 351. The normalized spacial score (nSPS) is 23.6. The molecule has 0 aromatic carbocycles. The van der Waals surface area contributed by atoms with E-state index in [1.165, 1.54) is 0 Å².